The van der Waals surface area contributed by atoms with Crippen LogP contribution in [0.4, 0.5) is 5.69 Å². The van der Waals surface area contributed by atoms with Crippen LogP contribution in [0.3, 0.4) is 0 Å². The number of anilines is 1. The number of benzene rings is 1. The van der Waals surface area contributed by atoms with Gasteiger partial charge >= 0.3 is 0 Å². The normalized spacial score (nSPS) is 11.9. The van der Waals surface area contributed by atoms with Crippen LogP contribution in [0.15, 0.2) is 42.5 Å². The Morgan fingerprint density at radius 3 is 2.55 bits per heavy atom. The highest BCUT2D eigenvalue weighted by Gasteiger charge is 2.15. The maximum atomic E-state index is 12.1. The Morgan fingerprint density at radius 2 is 1.90 bits per heavy atom. The van der Waals surface area contributed by atoms with Gasteiger partial charge in [0.25, 0.3) is 0 Å². The Hall–Kier alpha value is -2.20. The molecule has 2 rings (SSSR count). The minimum absolute atomic E-state index is 0.192. The second-order valence-electron chi connectivity index (χ2n) is 4.87. The first-order valence-corrected chi connectivity index (χ1v) is 6.61. The zero-order chi connectivity index (χ0) is 14.5. The fraction of sp³-hybridized carbons (Fsp3) is 0.250. The molecule has 104 valence electrons. The van der Waals surface area contributed by atoms with E-state index in [0.717, 1.165) is 17.0 Å². The number of pyridine rings is 1. The standard InChI is InChI=1S/C16H19N3O/c1-11-8-9-15(12(2)18-11)19-16(20)14(17)10-13-6-4-3-5-7-13/h3-9,14H,10,17H2,1-2H3,(H,19,20). The van der Waals surface area contributed by atoms with Crippen LogP contribution in [0.25, 0.3) is 0 Å². The van der Waals surface area contributed by atoms with E-state index in [4.69, 9.17) is 5.73 Å². The van der Waals surface area contributed by atoms with Gasteiger partial charge in [-0.1, -0.05) is 30.3 Å². The number of nitrogens with two attached hydrogens (primary N) is 1. The van der Waals surface area contributed by atoms with Gasteiger partial charge in [-0.15, -0.1) is 0 Å². The molecule has 1 aromatic carbocycles. The fourth-order valence-corrected chi connectivity index (χ4v) is 2.00. The summed E-state index contributed by atoms with van der Waals surface area (Å²) in [5.74, 6) is -0.192. The van der Waals surface area contributed by atoms with Gasteiger partial charge < -0.3 is 11.1 Å². The molecule has 0 spiro atoms. The Kier molecular flexibility index (Phi) is 4.48. The molecule has 2 aromatic rings. The molecule has 0 aliphatic carbocycles. The predicted octanol–water partition coefficient (Wildman–Crippen LogP) is 2.21. The molecule has 0 saturated heterocycles. The molecule has 4 heteroatoms. The van der Waals surface area contributed by atoms with Crippen molar-refractivity contribution in [1.82, 2.24) is 4.98 Å². The number of rotatable bonds is 4. The van der Waals surface area contributed by atoms with Crippen molar-refractivity contribution >= 4 is 11.6 Å². The van der Waals surface area contributed by atoms with Gasteiger partial charge in [0.15, 0.2) is 0 Å². The number of amides is 1. The molecule has 0 bridgehead atoms. The Morgan fingerprint density at radius 1 is 1.20 bits per heavy atom. The number of aromatic nitrogens is 1. The largest absolute Gasteiger partial charge is 0.323 e. The van der Waals surface area contributed by atoms with Crippen LogP contribution in [-0.4, -0.2) is 16.9 Å². The van der Waals surface area contributed by atoms with E-state index in [-0.39, 0.29) is 5.91 Å². The first-order valence-electron chi connectivity index (χ1n) is 6.61. The number of nitrogens with one attached hydrogen (secondary N) is 1. The van der Waals surface area contributed by atoms with Crippen molar-refractivity contribution in [2.45, 2.75) is 26.3 Å². The average Bonchev–Trinajstić information content (AvgIpc) is 2.43. The van der Waals surface area contributed by atoms with Crippen LogP contribution in [0, 0.1) is 13.8 Å². The summed E-state index contributed by atoms with van der Waals surface area (Å²) in [4.78, 5) is 16.4. The van der Waals surface area contributed by atoms with E-state index in [1.165, 1.54) is 0 Å². The van der Waals surface area contributed by atoms with Gasteiger partial charge in [-0.05, 0) is 38.0 Å². The second-order valence-corrected chi connectivity index (χ2v) is 4.87. The number of hydrogen-bond donors (Lipinski definition) is 2. The molecular weight excluding hydrogens is 250 g/mol. The molecule has 0 radical (unpaired) electrons. The van der Waals surface area contributed by atoms with Crippen molar-refractivity contribution in [2.75, 3.05) is 5.32 Å². The minimum atomic E-state index is -0.571. The number of aryl methyl sites for hydroxylation is 2. The lowest BCUT2D eigenvalue weighted by Gasteiger charge is -2.13. The fourth-order valence-electron chi connectivity index (χ4n) is 2.00. The summed E-state index contributed by atoms with van der Waals surface area (Å²) >= 11 is 0. The summed E-state index contributed by atoms with van der Waals surface area (Å²) in [6, 6.07) is 12.9. The van der Waals surface area contributed by atoms with Crippen LogP contribution in [0.2, 0.25) is 0 Å². The maximum Gasteiger partial charge on any atom is 0.241 e. The molecule has 0 fully saturated rings. The molecule has 20 heavy (non-hydrogen) atoms. The molecule has 4 nitrogen and oxygen atoms in total. The third kappa shape index (κ3) is 3.65. The molecule has 1 atom stereocenters. The van der Waals surface area contributed by atoms with Crippen LogP contribution < -0.4 is 11.1 Å². The third-order valence-corrected chi connectivity index (χ3v) is 3.12. The van der Waals surface area contributed by atoms with Gasteiger partial charge in [0.1, 0.15) is 0 Å². The maximum absolute atomic E-state index is 12.1. The molecule has 3 N–H and O–H groups in total. The van der Waals surface area contributed by atoms with E-state index in [9.17, 15) is 4.79 Å². The van der Waals surface area contributed by atoms with Gasteiger partial charge in [-0.2, -0.15) is 0 Å². The smallest absolute Gasteiger partial charge is 0.241 e. The van der Waals surface area contributed by atoms with E-state index in [1.807, 2.05) is 56.3 Å². The molecular formula is C16H19N3O. The molecule has 1 heterocycles. The second kappa shape index (κ2) is 6.30. The lowest BCUT2D eigenvalue weighted by atomic mass is 10.1. The lowest BCUT2D eigenvalue weighted by Crippen LogP contribution is -2.37. The molecule has 0 aliphatic rings. The van der Waals surface area contributed by atoms with Gasteiger partial charge in [0.2, 0.25) is 5.91 Å². The Labute approximate surface area is 119 Å². The molecule has 0 saturated carbocycles. The Balaban J connectivity index is 2.01. The van der Waals surface area contributed by atoms with E-state index in [0.29, 0.717) is 12.1 Å². The van der Waals surface area contributed by atoms with Crippen molar-refractivity contribution in [3.05, 3.63) is 59.4 Å². The van der Waals surface area contributed by atoms with Gasteiger partial charge in [0.05, 0.1) is 17.4 Å². The van der Waals surface area contributed by atoms with Crippen molar-refractivity contribution in [1.29, 1.82) is 0 Å². The van der Waals surface area contributed by atoms with Crippen LogP contribution >= 0.6 is 0 Å². The van der Waals surface area contributed by atoms with Crippen molar-refractivity contribution in [3.63, 3.8) is 0 Å². The zero-order valence-corrected chi connectivity index (χ0v) is 11.8. The molecule has 1 aromatic heterocycles. The monoisotopic (exact) mass is 269 g/mol. The van der Waals surface area contributed by atoms with E-state index >= 15 is 0 Å². The number of carbonyl (C=O) groups excluding carboxylic acids is 1. The summed E-state index contributed by atoms with van der Waals surface area (Å²) in [5.41, 5.74) is 9.43. The first kappa shape index (κ1) is 14.2. The van der Waals surface area contributed by atoms with Crippen molar-refractivity contribution < 1.29 is 4.79 Å². The van der Waals surface area contributed by atoms with E-state index in [1.54, 1.807) is 0 Å². The van der Waals surface area contributed by atoms with E-state index < -0.39 is 6.04 Å². The SMILES string of the molecule is Cc1ccc(NC(=O)C(N)Cc2ccccc2)c(C)n1. The van der Waals surface area contributed by atoms with Crippen LogP contribution in [-0.2, 0) is 11.2 Å². The van der Waals surface area contributed by atoms with Gasteiger partial charge in [-0.25, -0.2) is 0 Å². The third-order valence-electron chi connectivity index (χ3n) is 3.12. The van der Waals surface area contributed by atoms with Gasteiger partial charge in [0, 0.05) is 5.69 Å². The summed E-state index contributed by atoms with van der Waals surface area (Å²) in [6.45, 7) is 3.78. The van der Waals surface area contributed by atoms with Crippen LogP contribution in [0.5, 0.6) is 0 Å². The summed E-state index contributed by atoms with van der Waals surface area (Å²) < 4.78 is 0. The van der Waals surface area contributed by atoms with Crippen molar-refractivity contribution in [2.24, 2.45) is 5.73 Å². The summed E-state index contributed by atoms with van der Waals surface area (Å²) in [5, 5.41) is 2.83. The summed E-state index contributed by atoms with van der Waals surface area (Å²) in [7, 11) is 0. The first-order chi connectivity index (χ1) is 9.56. The number of hydrogen-bond acceptors (Lipinski definition) is 3. The highest BCUT2D eigenvalue weighted by atomic mass is 16.2. The Bertz CT molecular complexity index is 596. The van der Waals surface area contributed by atoms with Gasteiger partial charge in [-0.3, -0.25) is 9.78 Å². The molecule has 1 amide bonds. The number of nitrogens with zero attached hydrogens (tertiary/aromatic N) is 1. The summed E-state index contributed by atoms with van der Waals surface area (Å²) in [6.07, 6.45) is 0.519. The van der Waals surface area contributed by atoms with Crippen LogP contribution in [0.1, 0.15) is 17.0 Å². The lowest BCUT2D eigenvalue weighted by molar-refractivity contribution is -0.117. The zero-order valence-electron chi connectivity index (χ0n) is 11.8. The van der Waals surface area contributed by atoms with E-state index in [2.05, 4.69) is 10.3 Å². The highest BCUT2D eigenvalue weighted by Crippen LogP contribution is 2.13. The predicted molar refractivity (Wildman–Crippen MR) is 80.5 cm³/mol. The topological polar surface area (TPSA) is 68.0 Å². The number of carbonyl (C=O) groups is 1. The molecule has 0 aliphatic heterocycles. The minimum Gasteiger partial charge on any atom is -0.323 e. The average molecular weight is 269 g/mol. The quantitative estimate of drug-likeness (QED) is 0.894. The van der Waals surface area contributed by atoms with Crippen molar-refractivity contribution in [3.8, 4) is 0 Å². The highest BCUT2D eigenvalue weighted by molar-refractivity contribution is 5.95. The molecule has 1 unspecified atom stereocenters.